The van der Waals surface area contributed by atoms with E-state index < -0.39 is 21.8 Å². The predicted molar refractivity (Wildman–Crippen MR) is 115 cm³/mol. The first-order valence-electron chi connectivity index (χ1n) is 9.79. The molecular weight excluding hydrogens is 443 g/mol. The number of hydrogen-bond acceptors (Lipinski definition) is 6. The number of sulfonamides is 1. The van der Waals surface area contributed by atoms with Crippen molar-refractivity contribution in [1.82, 2.24) is 9.97 Å². The number of alkyl halides is 3. The van der Waals surface area contributed by atoms with Crippen LogP contribution in [0.4, 0.5) is 30.5 Å². The largest absolute Gasteiger partial charge is 0.416 e. The van der Waals surface area contributed by atoms with E-state index in [0.717, 1.165) is 43.0 Å². The van der Waals surface area contributed by atoms with Gasteiger partial charge in [-0.1, -0.05) is 18.2 Å². The Balaban J connectivity index is 1.38. The van der Waals surface area contributed by atoms with Gasteiger partial charge in [-0.05, 0) is 36.4 Å². The minimum Gasteiger partial charge on any atom is -0.368 e. The first-order valence-corrected chi connectivity index (χ1v) is 11.3. The van der Waals surface area contributed by atoms with Crippen LogP contribution in [0.5, 0.6) is 0 Å². The van der Waals surface area contributed by atoms with Crippen LogP contribution in [0.2, 0.25) is 0 Å². The van der Waals surface area contributed by atoms with Gasteiger partial charge < -0.3 is 9.80 Å². The van der Waals surface area contributed by atoms with Gasteiger partial charge in [0.25, 0.3) is 10.0 Å². The van der Waals surface area contributed by atoms with Gasteiger partial charge in [0.1, 0.15) is 0 Å². The predicted octanol–water partition coefficient (Wildman–Crippen LogP) is 3.62. The highest BCUT2D eigenvalue weighted by atomic mass is 32.2. The van der Waals surface area contributed by atoms with Crippen LogP contribution in [0, 0.1) is 0 Å². The molecule has 0 spiro atoms. The van der Waals surface area contributed by atoms with Crippen LogP contribution in [-0.2, 0) is 16.2 Å². The molecule has 2 aromatic carbocycles. The molecule has 3 aromatic rings. The lowest BCUT2D eigenvalue weighted by Gasteiger charge is -2.36. The Morgan fingerprint density at radius 3 is 1.94 bits per heavy atom. The van der Waals surface area contributed by atoms with Gasteiger partial charge in [0.2, 0.25) is 5.95 Å². The number of nitrogens with zero attached hydrogens (tertiary/aromatic N) is 4. The highest BCUT2D eigenvalue weighted by Crippen LogP contribution is 2.30. The third-order valence-electron chi connectivity index (χ3n) is 5.07. The monoisotopic (exact) mass is 463 g/mol. The van der Waals surface area contributed by atoms with E-state index >= 15 is 0 Å². The summed E-state index contributed by atoms with van der Waals surface area (Å²) in [6, 6.07) is 13.4. The molecule has 2 heterocycles. The van der Waals surface area contributed by atoms with Gasteiger partial charge in [0, 0.05) is 31.9 Å². The summed E-state index contributed by atoms with van der Waals surface area (Å²) >= 11 is 0. The average molecular weight is 463 g/mol. The highest BCUT2D eigenvalue weighted by molar-refractivity contribution is 7.92. The van der Waals surface area contributed by atoms with Gasteiger partial charge in [0.05, 0.1) is 28.5 Å². The van der Waals surface area contributed by atoms with Crippen molar-refractivity contribution >= 4 is 27.3 Å². The van der Waals surface area contributed by atoms with Gasteiger partial charge in [-0.2, -0.15) is 13.2 Å². The molecule has 7 nitrogen and oxygen atoms in total. The molecule has 168 valence electrons. The van der Waals surface area contributed by atoms with Crippen LogP contribution >= 0.6 is 0 Å². The second-order valence-corrected chi connectivity index (χ2v) is 8.89. The molecule has 0 amide bonds. The van der Waals surface area contributed by atoms with Gasteiger partial charge in [-0.3, -0.25) is 4.72 Å². The third kappa shape index (κ3) is 4.93. The fraction of sp³-hybridized carbons (Fsp3) is 0.238. The van der Waals surface area contributed by atoms with Gasteiger partial charge in [-0.15, -0.1) is 0 Å². The number of para-hydroxylation sites is 1. The maximum Gasteiger partial charge on any atom is 0.416 e. The van der Waals surface area contributed by atoms with Crippen molar-refractivity contribution in [3.8, 4) is 0 Å². The van der Waals surface area contributed by atoms with Crippen molar-refractivity contribution in [2.45, 2.75) is 11.1 Å². The number of benzene rings is 2. The molecule has 0 unspecified atom stereocenters. The van der Waals surface area contributed by atoms with Crippen LogP contribution in [0.1, 0.15) is 5.56 Å². The summed E-state index contributed by atoms with van der Waals surface area (Å²) in [5, 5.41) is 0. The molecule has 0 aliphatic carbocycles. The Labute approximate surface area is 183 Å². The zero-order valence-electron chi connectivity index (χ0n) is 16.8. The van der Waals surface area contributed by atoms with Crippen LogP contribution in [0.3, 0.4) is 0 Å². The molecule has 11 heteroatoms. The quantitative estimate of drug-likeness (QED) is 0.623. The SMILES string of the molecule is O=S(=O)(Nc1cnc(N2CCN(c3ccccc3)CC2)nc1)c1ccc(C(F)(F)F)cc1. The topological polar surface area (TPSA) is 78.4 Å². The van der Waals surface area contributed by atoms with Crippen molar-refractivity contribution in [2.24, 2.45) is 0 Å². The van der Waals surface area contributed by atoms with Gasteiger partial charge in [0.15, 0.2) is 0 Å². The Kier molecular flexibility index (Phi) is 5.92. The fourth-order valence-corrected chi connectivity index (χ4v) is 4.41. The van der Waals surface area contributed by atoms with Gasteiger partial charge in [-0.25, -0.2) is 18.4 Å². The van der Waals surface area contributed by atoms with E-state index in [0.29, 0.717) is 19.0 Å². The van der Waals surface area contributed by atoms with Crippen LogP contribution in [-0.4, -0.2) is 44.6 Å². The summed E-state index contributed by atoms with van der Waals surface area (Å²) in [4.78, 5) is 12.5. The average Bonchev–Trinajstić information content (AvgIpc) is 2.80. The second kappa shape index (κ2) is 8.65. The Morgan fingerprint density at radius 1 is 0.812 bits per heavy atom. The molecule has 1 saturated heterocycles. The molecule has 1 aliphatic rings. The molecule has 0 bridgehead atoms. The van der Waals surface area contributed by atoms with E-state index in [9.17, 15) is 21.6 Å². The molecule has 0 radical (unpaired) electrons. The summed E-state index contributed by atoms with van der Waals surface area (Å²) in [6.45, 7) is 3.03. The molecule has 1 aliphatic heterocycles. The third-order valence-corrected chi connectivity index (χ3v) is 6.46. The summed E-state index contributed by atoms with van der Waals surface area (Å²) in [6.07, 6.45) is -1.85. The Hall–Kier alpha value is -3.34. The van der Waals surface area contributed by atoms with E-state index in [4.69, 9.17) is 0 Å². The molecule has 32 heavy (non-hydrogen) atoms. The number of rotatable bonds is 5. The van der Waals surface area contributed by atoms with E-state index in [1.165, 1.54) is 12.4 Å². The lowest BCUT2D eigenvalue weighted by atomic mass is 10.2. The Bertz CT molecular complexity index is 1150. The summed E-state index contributed by atoms with van der Waals surface area (Å²) in [5.74, 6) is 0.482. The van der Waals surface area contributed by atoms with E-state index in [-0.39, 0.29) is 10.6 Å². The first kappa shape index (κ1) is 21.9. The zero-order valence-corrected chi connectivity index (χ0v) is 17.6. The van der Waals surface area contributed by atoms with Crippen molar-refractivity contribution in [2.75, 3.05) is 40.7 Å². The molecule has 1 N–H and O–H groups in total. The standard InChI is InChI=1S/C21H20F3N5O2S/c22-21(23,24)16-6-8-19(9-7-16)32(30,31)27-17-14-25-20(26-15-17)29-12-10-28(11-13-29)18-4-2-1-3-5-18/h1-9,14-15,27H,10-13H2. The number of aromatic nitrogens is 2. The normalized spacial score (nSPS) is 15.0. The van der Waals surface area contributed by atoms with Crippen molar-refractivity contribution in [1.29, 1.82) is 0 Å². The molecular formula is C21H20F3N5O2S. The summed E-state index contributed by atoms with van der Waals surface area (Å²) < 4.78 is 65.2. The number of nitrogens with one attached hydrogen (secondary N) is 1. The minimum absolute atomic E-state index is 0.122. The molecule has 0 atom stereocenters. The number of hydrogen-bond donors (Lipinski definition) is 1. The van der Waals surface area contributed by atoms with Crippen LogP contribution in [0.15, 0.2) is 71.9 Å². The molecule has 1 aromatic heterocycles. The highest BCUT2D eigenvalue weighted by Gasteiger charge is 2.30. The van der Waals surface area contributed by atoms with Crippen LogP contribution < -0.4 is 14.5 Å². The number of anilines is 3. The second-order valence-electron chi connectivity index (χ2n) is 7.21. The molecule has 1 fully saturated rings. The van der Waals surface area contributed by atoms with Gasteiger partial charge >= 0.3 is 6.18 Å². The fourth-order valence-electron chi connectivity index (χ4n) is 3.38. The smallest absolute Gasteiger partial charge is 0.368 e. The van der Waals surface area contributed by atoms with E-state index in [2.05, 4.69) is 31.7 Å². The lowest BCUT2D eigenvalue weighted by molar-refractivity contribution is -0.137. The van der Waals surface area contributed by atoms with Crippen molar-refractivity contribution in [3.05, 3.63) is 72.6 Å². The maximum absolute atomic E-state index is 12.7. The lowest BCUT2D eigenvalue weighted by Crippen LogP contribution is -2.47. The van der Waals surface area contributed by atoms with Crippen molar-refractivity contribution in [3.63, 3.8) is 0 Å². The van der Waals surface area contributed by atoms with Crippen LogP contribution in [0.25, 0.3) is 0 Å². The van der Waals surface area contributed by atoms with E-state index in [1.54, 1.807) is 0 Å². The number of piperazine rings is 1. The summed E-state index contributed by atoms with van der Waals surface area (Å²) in [7, 11) is -4.07. The van der Waals surface area contributed by atoms with E-state index in [1.807, 2.05) is 23.1 Å². The minimum atomic E-state index is -4.54. The Morgan fingerprint density at radius 2 is 1.38 bits per heavy atom. The maximum atomic E-state index is 12.7. The number of halogens is 3. The summed E-state index contributed by atoms with van der Waals surface area (Å²) in [5.41, 5.74) is 0.356. The zero-order chi connectivity index (χ0) is 22.8. The molecule has 4 rings (SSSR count). The van der Waals surface area contributed by atoms with Crippen molar-refractivity contribution < 1.29 is 21.6 Å². The molecule has 0 saturated carbocycles. The first-order chi connectivity index (χ1) is 15.2.